The van der Waals surface area contributed by atoms with Gasteiger partial charge < -0.3 is 5.73 Å². The van der Waals surface area contributed by atoms with Gasteiger partial charge in [-0.25, -0.2) is 13.1 Å². The Labute approximate surface area is 116 Å². The Balaban J connectivity index is 2.24. The first-order valence-electron chi connectivity index (χ1n) is 5.74. The third-order valence-electron chi connectivity index (χ3n) is 2.57. The van der Waals surface area contributed by atoms with E-state index in [2.05, 4.69) is 4.98 Å². The van der Waals surface area contributed by atoms with Gasteiger partial charge in [0.05, 0.1) is 4.90 Å². The van der Waals surface area contributed by atoms with Gasteiger partial charge in [0.15, 0.2) is 0 Å². The van der Waals surface area contributed by atoms with Crippen molar-refractivity contribution in [2.75, 3.05) is 5.73 Å². The van der Waals surface area contributed by atoms with Gasteiger partial charge in [0.1, 0.15) is 5.69 Å². The van der Waals surface area contributed by atoms with E-state index >= 15 is 0 Å². The summed E-state index contributed by atoms with van der Waals surface area (Å²) in [7, 11) is -3.92. The predicted octanol–water partition coefficient (Wildman–Crippen LogP) is 1.09. The van der Waals surface area contributed by atoms with Crippen molar-refractivity contribution in [3.8, 4) is 0 Å². The van der Waals surface area contributed by atoms with E-state index in [1.807, 2.05) is 11.6 Å². The van der Waals surface area contributed by atoms with Crippen LogP contribution < -0.4 is 10.5 Å². The molecule has 1 aromatic carbocycles. The lowest BCUT2D eigenvalue weighted by molar-refractivity contribution is 0.0976. The summed E-state index contributed by atoms with van der Waals surface area (Å²) in [6, 6.07) is 8.97. The Morgan fingerprint density at radius 2 is 1.85 bits per heavy atom. The number of hydrogen-bond donors (Lipinski definition) is 2. The Morgan fingerprint density at radius 1 is 1.20 bits per heavy atom. The van der Waals surface area contributed by atoms with Crippen LogP contribution in [0.1, 0.15) is 16.1 Å². The molecule has 20 heavy (non-hydrogen) atoms. The molecule has 0 saturated carbocycles. The van der Waals surface area contributed by atoms with Crippen molar-refractivity contribution in [1.29, 1.82) is 0 Å². The lowest BCUT2D eigenvalue weighted by Gasteiger charge is -2.07. The second-order valence-corrected chi connectivity index (χ2v) is 5.90. The molecule has 6 nitrogen and oxygen atoms in total. The smallest absolute Gasteiger partial charge is 0.283 e. The number of aryl methyl sites for hydroxylation is 1. The average molecular weight is 291 g/mol. The molecule has 0 aliphatic carbocycles. The molecule has 0 bridgehead atoms. The zero-order valence-corrected chi connectivity index (χ0v) is 11.5. The number of benzene rings is 1. The summed E-state index contributed by atoms with van der Waals surface area (Å²) in [5.41, 5.74) is 6.72. The van der Waals surface area contributed by atoms with Crippen molar-refractivity contribution in [3.05, 3.63) is 53.9 Å². The number of rotatable bonds is 3. The molecule has 0 radical (unpaired) electrons. The number of aromatic nitrogens is 1. The molecular formula is C13H13N3O3S. The van der Waals surface area contributed by atoms with Gasteiger partial charge >= 0.3 is 0 Å². The van der Waals surface area contributed by atoms with Crippen LogP contribution in [0, 0.1) is 6.92 Å². The third kappa shape index (κ3) is 3.12. The van der Waals surface area contributed by atoms with Crippen LogP contribution in [0.3, 0.4) is 0 Å². The van der Waals surface area contributed by atoms with Crippen LogP contribution in [0.4, 0.5) is 5.69 Å². The van der Waals surface area contributed by atoms with Crippen LogP contribution in [0.25, 0.3) is 0 Å². The topological polar surface area (TPSA) is 102 Å². The Bertz CT molecular complexity index is 740. The molecule has 0 unspecified atom stereocenters. The van der Waals surface area contributed by atoms with Crippen LogP contribution in [-0.2, 0) is 10.0 Å². The first kappa shape index (κ1) is 14.0. The average Bonchev–Trinajstić information content (AvgIpc) is 2.38. The summed E-state index contributed by atoms with van der Waals surface area (Å²) < 4.78 is 26.0. The van der Waals surface area contributed by atoms with Crippen LogP contribution in [0.5, 0.6) is 0 Å². The summed E-state index contributed by atoms with van der Waals surface area (Å²) in [4.78, 5) is 15.6. The third-order valence-corrected chi connectivity index (χ3v) is 3.92. The van der Waals surface area contributed by atoms with Crippen molar-refractivity contribution < 1.29 is 13.2 Å². The van der Waals surface area contributed by atoms with E-state index in [1.54, 1.807) is 12.1 Å². The summed E-state index contributed by atoms with van der Waals surface area (Å²) >= 11 is 0. The highest BCUT2D eigenvalue weighted by Gasteiger charge is 2.19. The highest BCUT2D eigenvalue weighted by atomic mass is 32.2. The molecule has 7 heteroatoms. The van der Waals surface area contributed by atoms with Gasteiger partial charge in [0, 0.05) is 11.9 Å². The standard InChI is InChI=1S/C13H13N3O3S/c1-9-2-4-11(5-3-9)20(18,19)16-13(17)12-8-10(14)6-7-15-12/h2-8H,1H3,(H2,14,15)(H,16,17). The van der Waals surface area contributed by atoms with E-state index in [1.165, 1.54) is 30.5 Å². The molecular weight excluding hydrogens is 278 g/mol. The normalized spacial score (nSPS) is 11.1. The Kier molecular flexibility index (Phi) is 3.71. The van der Waals surface area contributed by atoms with Gasteiger partial charge in [-0.3, -0.25) is 9.78 Å². The zero-order chi connectivity index (χ0) is 14.8. The molecule has 1 heterocycles. The number of amides is 1. The summed E-state index contributed by atoms with van der Waals surface area (Å²) in [6.45, 7) is 1.84. The Hall–Kier alpha value is -2.41. The quantitative estimate of drug-likeness (QED) is 0.881. The highest BCUT2D eigenvalue weighted by Crippen LogP contribution is 2.11. The molecule has 2 rings (SSSR count). The first-order chi connectivity index (χ1) is 9.38. The Morgan fingerprint density at radius 3 is 2.45 bits per heavy atom. The number of sulfonamides is 1. The minimum absolute atomic E-state index is 0.0142. The largest absolute Gasteiger partial charge is 0.399 e. The van der Waals surface area contributed by atoms with Gasteiger partial charge in [-0.2, -0.15) is 0 Å². The number of carbonyl (C=O) groups excluding carboxylic acids is 1. The van der Waals surface area contributed by atoms with E-state index in [9.17, 15) is 13.2 Å². The monoisotopic (exact) mass is 291 g/mol. The van der Waals surface area contributed by atoms with Crippen molar-refractivity contribution in [3.63, 3.8) is 0 Å². The second kappa shape index (κ2) is 5.30. The SMILES string of the molecule is Cc1ccc(S(=O)(=O)NC(=O)c2cc(N)ccn2)cc1. The first-order valence-corrected chi connectivity index (χ1v) is 7.22. The molecule has 0 saturated heterocycles. The maximum atomic E-state index is 12.0. The molecule has 104 valence electrons. The number of nitrogens with two attached hydrogens (primary N) is 1. The minimum atomic E-state index is -3.92. The predicted molar refractivity (Wildman–Crippen MR) is 74.5 cm³/mol. The molecule has 0 spiro atoms. The van der Waals surface area contributed by atoms with Crippen molar-refractivity contribution in [1.82, 2.24) is 9.71 Å². The summed E-state index contributed by atoms with van der Waals surface area (Å²) in [6.07, 6.45) is 1.34. The zero-order valence-electron chi connectivity index (χ0n) is 10.7. The van der Waals surface area contributed by atoms with E-state index in [0.29, 0.717) is 5.69 Å². The van der Waals surface area contributed by atoms with Gasteiger partial charge in [-0.05, 0) is 31.2 Å². The van der Waals surface area contributed by atoms with Gasteiger partial charge in [-0.15, -0.1) is 0 Å². The molecule has 0 aliphatic rings. The van der Waals surface area contributed by atoms with Crippen LogP contribution in [-0.4, -0.2) is 19.3 Å². The van der Waals surface area contributed by atoms with Crippen molar-refractivity contribution in [2.45, 2.75) is 11.8 Å². The fraction of sp³-hybridized carbons (Fsp3) is 0.0769. The maximum absolute atomic E-state index is 12.0. The molecule has 1 amide bonds. The molecule has 1 aromatic heterocycles. The van der Waals surface area contributed by atoms with Crippen LogP contribution in [0.15, 0.2) is 47.5 Å². The number of nitrogens with zero attached hydrogens (tertiary/aromatic N) is 1. The van der Waals surface area contributed by atoms with E-state index < -0.39 is 15.9 Å². The lowest BCUT2D eigenvalue weighted by atomic mass is 10.2. The number of nitrogens with one attached hydrogen (secondary N) is 1. The summed E-state index contributed by atoms with van der Waals surface area (Å²) in [5.74, 6) is -0.821. The summed E-state index contributed by atoms with van der Waals surface area (Å²) in [5, 5.41) is 0. The van der Waals surface area contributed by atoms with E-state index in [0.717, 1.165) is 5.56 Å². The second-order valence-electron chi connectivity index (χ2n) is 4.22. The number of anilines is 1. The highest BCUT2D eigenvalue weighted by molar-refractivity contribution is 7.90. The molecule has 0 aliphatic heterocycles. The molecule has 3 N–H and O–H groups in total. The van der Waals surface area contributed by atoms with Gasteiger partial charge in [0.2, 0.25) is 0 Å². The van der Waals surface area contributed by atoms with Crippen molar-refractivity contribution >= 4 is 21.6 Å². The number of carbonyl (C=O) groups is 1. The number of pyridine rings is 1. The number of hydrogen-bond acceptors (Lipinski definition) is 5. The minimum Gasteiger partial charge on any atom is -0.399 e. The number of nitrogen functional groups attached to an aromatic ring is 1. The van der Waals surface area contributed by atoms with Gasteiger partial charge in [0.25, 0.3) is 15.9 Å². The molecule has 2 aromatic rings. The molecule has 0 atom stereocenters. The molecule has 0 fully saturated rings. The van der Waals surface area contributed by atoms with E-state index in [4.69, 9.17) is 5.73 Å². The maximum Gasteiger partial charge on any atom is 0.283 e. The lowest BCUT2D eigenvalue weighted by Crippen LogP contribution is -2.31. The van der Waals surface area contributed by atoms with Crippen LogP contribution in [0.2, 0.25) is 0 Å². The van der Waals surface area contributed by atoms with Gasteiger partial charge in [-0.1, -0.05) is 17.7 Å². The van der Waals surface area contributed by atoms with E-state index in [-0.39, 0.29) is 10.6 Å². The van der Waals surface area contributed by atoms with Crippen LogP contribution >= 0.6 is 0 Å². The fourth-order valence-corrected chi connectivity index (χ4v) is 2.48. The fourth-order valence-electron chi connectivity index (χ4n) is 1.52. The van der Waals surface area contributed by atoms with Crippen molar-refractivity contribution in [2.24, 2.45) is 0 Å².